The summed E-state index contributed by atoms with van der Waals surface area (Å²) in [6.07, 6.45) is 0.626. The molecule has 2 N–H and O–H groups in total. The number of benzene rings is 1. The Kier molecular flexibility index (Phi) is 4.82. The van der Waals surface area contributed by atoms with Gasteiger partial charge in [0.1, 0.15) is 11.4 Å². The van der Waals surface area contributed by atoms with Crippen LogP contribution in [0.1, 0.15) is 29.4 Å². The summed E-state index contributed by atoms with van der Waals surface area (Å²) in [6.45, 7) is 3.68. The maximum Gasteiger partial charge on any atom is 0.344 e. The van der Waals surface area contributed by atoms with Crippen LogP contribution < -0.4 is 16.2 Å². The third-order valence-corrected chi connectivity index (χ3v) is 5.15. The van der Waals surface area contributed by atoms with Crippen molar-refractivity contribution >= 4 is 16.9 Å². The summed E-state index contributed by atoms with van der Waals surface area (Å²) >= 11 is 0. The summed E-state index contributed by atoms with van der Waals surface area (Å²) in [5.74, 6) is -2.05. The van der Waals surface area contributed by atoms with Gasteiger partial charge in [0.05, 0.1) is 43.0 Å². The number of pyridine rings is 1. The van der Waals surface area contributed by atoms with Crippen LogP contribution in [0.15, 0.2) is 23.0 Å². The van der Waals surface area contributed by atoms with Gasteiger partial charge in [0.25, 0.3) is 0 Å². The summed E-state index contributed by atoms with van der Waals surface area (Å²) in [5.41, 5.74) is 5.98. The molecule has 150 valence electrons. The molecule has 2 fully saturated rings. The predicted molar refractivity (Wildman–Crippen MR) is 99.2 cm³/mol. The lowest BCUT2D eigenvalue weighted by atomic mass is 10.1. The van der Waals surface area contributed by atoms with Gasteiger partial charge in [0, 0.05) is 19.5 Å². The minimum atomic E-state index is -0.768. The Labute approximate surface area is 160 Å². The Bertz CT molecular complexity index is 984. The molecule has 8 nitrogen and oxygen atoms in total. The molecular weight excluding hydrogens is 369 g/mol. The van der Waals surface area contributed by atoms with Gasteiger partial charge in [0.2, 0.25) is 5.43 Å². The average molecular weight is 391 g/mol. The van der Waals surface area contributed by atoms with Crippen LogP contribution in [-0.4, -0.2) is 49.3 Å². The van der Waals surface area contributed by atoms with Crippen LogP contribution in [0.2, 0.25) is 0 Å². The van der Waals surface area contributed by atoms with Gasteiger partial charge in [-0.2, -0.15) is 0 Å². The van der Waals surface area contributed by atoms with Gasteiger partial charge in [-0.15, -0.1) is 0 Å². The Hall–Kier alpha value is -2.49. The fraction of sp³-hybridized carbons (Fsp3) is 0.474. The molecule has 0 aliphatic carbocycles. The molecule has 9 heteroatoms. The molecule has 0 atom stereocenters. The normalized spacial score (nSPS) is 18.3. The number of halogens is 1. The molecule has 1 aromatic carbocycles. The Balaban J connectivity index is 1.94. The van der Waals surface area contributed by atoms with E-state index in [1.807, 2.05) is 5.01 Å². The molecule has 28 heavy (non-hydrogen) atoms. The summed E-state index contributed by atoms with van der Waals surface area (Å²) in [4.78, 5) is 25.5. The fourth-order valence-electron chi connectivity index (χ4n) is 3.96. The van der Waals surface area contributed by atoms with Crippen molar-refractivity contribution in [3.05, 3.63) is 45.5 Å². The lowest BCUT2D eigenvalue weighted by molar-refractivity contribution is -0.138. The second-order valence-corrected chi connectivity index (χ2v) is 6.79. The summed E-state index contributed by atoms with van der Waals surface area (Å²) in [5, 5.41) is 2.00. The first-order valence-electron chi connectivity index (χ1n) is 9.27. The third kappa shape index (κ3) is 2.95. The number of hydrogen-bond donors (Lipinski definition) is 1. The van der Waals surface area contributed by atoms with E-state index in [4.69, 9.17) is 19.9 Å². The van der Waals surface area contributed by atoms with Crippen LogP contribution in [0.5, 0.6) is 0 Å². The quantitative estimate of drug-likeness (QED) is 0.773. The summed E-state index contributed by atoms with van der Waals surface area (Å²) in [7, 11) is 0. The van der Waals surface area contributed by atoms with E-state index in [1.54, 1.807) is 11.6 Å². The van der Waals surface area contributed by atoms with Crippen molar-refractivity contribution in [3.63, 3.8) is 0 Å². The highest BCUT2D eigenvalue weighted by molar-refractivity contribution is 5.95. The number of hydrogen-bond acceptors (Lipinski definition) is 7. The van der Waals surface area contributed by atoms with Crippen LogP contribution in [-0.2, 0) is 20.8 Å². The number of fused-ring (bicyclic) bond motifs is 1. The van der Waals surface area contributed by atoms with Crippen molar-refractivity contribution in [1.82, 2.24) is 4.68 Å². The van der Waals surface area contributed by atoms with Gasteiger partial charge >= 0.3 is 5.97 Å². The number of aromatic nitrogens is 1. The number of ether oxygens (including phenoxy) is 3. The molecule has 2 aliphatic heterocycles. The van der Waals surface area contributed by atoms with E-state index in [1.165, 1.54) is 12.1 Å². The predicted octanol–water partition coefficient (Wildman–Crippen LogP) is 0.861. The molecule has 0 bridgehead atoms. The molecule has 2 saturated heterocycles. The second kappa shape index (κ2) is 7.16. The largest absolute Gasteiger partial charge is 0.462 e. The van der Waals surface area contributed by atoms with Crippen LogP contribution in [0.4, 0.5) is 4.39 Å². The Morgan fingerprint density at radius 2 is 2.11 bits per heavy atom. The van der Waals surface area contributed by atoms with Crippen molar-refractivity contribution in [2.24, 2.45) is 5.73 Å². The van der Waals surface area contributed by atoms with E-state index in [9.17, 15) is 14.0 Å². The number of nitrogens with two attached hydrogens (primary N) is 1. The third-order valence-electron chi connectivity index (χ3n) is 5.15. The van der Waals surface area contributed by atoms with E-state index >= 15 is 0 Å². The van der Waals surface area contributed by atoms with Crippen molar-refractivity contribution in [1.29, 1.82) is 0 Å². The van der Waals surface area contributed by atoms with Gasteiger partial charge in [-0.1, -0.05) is 0 Å². The van der Waals surface area contributed by atoms with Crippen molar-refractivity contribution in [2.45, 2.75) is 25.7 Å². The van der Waals surface area contributed by atoms with Gasteiger partial charge < -0.3 is 25.0 Å². The van der Waals surface area contributed by atoms with Crippen LogP contribution in [0, 0.1) is 5.82 Å². The summed E-state index contributed by atoms with van der Waals surface area (Å²) < 4.78 is 32.2. The zero-order chi connectivity index (χ0) is 19.9. The van der Waals surface area contributed by atoms with Crippen molar-refractivity contribution in [2.75, 3.05) is 37.9 Å². The van der Waals surface area contributed by atoms with Crippen LogP contribution in [0.3, 0.4) is 0 Å². The average Bonchev–Trinajstić information content (AvgIpc) is 3.31. The Morgan fingerprint density at radius 1 is 1.36 bits per heavy atom. The van der Waals surface area contributed by atoms with E-state index in [0.717, 1.165) is 6.07 Å². The molecule has 2 aliphatic rings. The van der Waals surface area contributed by atoms with Crippen LogP contribution >= 0.6 is 0 Å². The topological polar surface area (TPSA) is 96.0 Å². The summed E-state index contributed by atoms with van der Waals surface area (Å²) in [6, 6.07) is 3.92. The maximum atomic E-state index is 13.9. The van der Waals surface area contributed by atoms with Crippen molar-refractivity contribution < 1.29 is 23.4 Å². The zero-order valence-electron chi connectivity index (χ0n) is 15.6. The first-order chi connectivity index (χ1) is 13.5. The minimum Gasteiger partial charge on any atom is -0.462 e. The van der Waals surface area contributed by atoms with E-state index in [-0.39, 0.29) is 24.1 Å². The van der Waals surface area contributed by atoms with Gasteiger partial charge in [0.15, 0.2) is 5.79 Å². The highest BCUT2D eigenvalue weighted by Crippen LogP contribution is 2.31. The number of nitrogens with zero attached hydrogens (tertiary/aromatic N) is 2. The molecule has 0 amide bonds. The molecule has 0 unspecified atom stereocenters. The first kappa shape index (κ1) is 18.9. The fourth-order valence-corrected chi connectivity index (χ4v) is 3.96. The number of carbonyl (C=O) groups excluding carboxylic acids is 1. The molecule has 2 aromatic rings. The highest BCUT2D eigenvalue weighted by atomic mass is 19.1. The molecular formula is C19H22FN3O5. The SMILES string of the molecule is CCOC(=O)c1c(CN)n(N2CCC3(C2)OCCO3)c2ccc(F)cc2c1=O. The maximum absolute atomic E-state index is 13.9. The van der Waals surface area contributed by atoms with Crippen molar-refractivity contribution in [3.8, 4) is 0 Å². The van der Waals surface area contributed by atoms with Gasteiger partial charge in [-0.3, -0.25) is 9.47 Å². The molecule has 4 rings (SSSR count). The minimum absolute atomic E-state index is 0.0675. The number of rotatable bonds is 4. The van der Waals surface area contributed by atoms with Gasteiger partial charge in [-0.05, 0) is 25.1 Å². The van der Waals surface area contributed by atoms with Crippen LogP contribution in [0.25, 0.3) is 10.9 Å². The number of esters is 1. The van der Waals surface area contributed by atoms with E-state index in [2.05, 4.69) is 0 Å². The molecule has 3 heterocycles. The van der Waals surface area contributed by atoms with E-state index < -0.39 is 23.0 Å². The first-order valence-corrected chi connectivity index (χ1v) is 9.27. The zero-order valence-corrected chi connectivity index (χ0v) is 15.6. The second-order valence-electron chi connectivity index (χ2n) is 6.79. The standard InChI is InChI=1S/C19H22FN3O5/c1-2-26-18(25)16-15(10-21)23(14-4-3-12(20)9-13(14)17(16)24)22-6-5-19(11-22)27-7-8-28-19/h3-4,9H,2,5-8,10-11,21H2,1H3. The van der Waals surface area contributed by atoms with Gasteiger partial charge in [-0.25, -0.2) is 9.18 Å². The molecule has 1 spiro atoms. The lowest BCUT2D eigenvalue weighted by Gasteiger charge is -2.29. The highest BCUT2D eigenvalue weighted by Gasteiger charge is 2.44. The monoisotopic (exact) mass is 391 g/mol. The molecule has 1 aromatic heterocycles. The molecule has 0 radical (unpaired) electrons. The lowest BCUT2D eigenvalue weighted by Crippen LogP contribution is -2.42. The Morgan fingerprint density at radius 3 is 2.79 bits per heavy atom. The molecule has 0 saturated carbocycles. The van der Waals surface area contributed by atoms with E-state index in [0.29, 0.717) is 43.9 Å². The number of carbonyl (C=O) groups is 1. The smallest absolute Gasteiger partial charge is 0.344 e.